The third-order valence-electron chi connectivity index (χ3n) is 3.81. The Labute approximate surface area is 152 Å². The molecule has 3 nitrogen and oxygen atoms in total. The second-order valence-corrected chi connectivity index (χ2v) is 6.76. The Hall–Kier alpha value is -2.30. The molecule has 1 aliphatic rings. The smallest absolute Gasteiger partial charge is 0.256 e. The molecule has 1 amide bonds. The van der Waals surface area contributed by atoms with Crippen molar-refractivity contribution >= 4 is 50.8 Å². The maximum Gasteiger partial charge on any atom is 0.256 e. The monoisotopic (exact) mass is 399 g/mol. The molecule has 118 valence electrons. The lowest BCUT2D eigenvalue weighted by molar-refractivity contribution is -0.110. The number of hydrogen-bond acceptors (Lipinski definition) is 2. The zero-order valence-corrected chi connectivity index (χ0v) is 14.7. The Morgan fingerprint density at radius 2 is 1.83 bits per heavy atom. The number of anilines is 1. The number of hydrogen-bond donors (Lipinski definition) is 1. The van der Waals surface area contributed by atoms with Gasteiger partial charge in [-0.1, -0.05) is 27.5 Å². The molecule has 0 spiro atoms. The SMILES string of the molecule is O=C1Nc2ccc(Br)cc2C1=Cc1ccc(-c2ccc(Cl)cc2)o1. The maximum atomic E-state index is 12.2. The second-order valence-electron chi connectivity index (χ2n) is 5.41. The van der Waals surface area contributed by atoms with Gasteiger partial charge in [0.1, 0.15) is 11.5 Å². The van der Waals surface area contributed by atoms with Crippen LogP contribution in [0.5, 0.6) is 0 Å². The first-order valence-electron chi connectivity index (χ1n) is 7.29. The molecule has 0 fully saturated rings. The van der Waals surface area contributed by atoms with Gasteiger partial charge in [-0.2, -0.15) is 0 Å². The second kappa shape index (κ2) is 5.96. The summed E-state index contributed by atoms with van der Waals surface area (Å²) < 4.78 is 6.78. The molecule has 0 radical (unpaired) electrons. The molecule has 24 heavy (non-hydrogen) atoms. The molecule has 1 aliphatic heterocycles. The molecule has 1 N–H and O–H groups in total. The Balaban J connectivity index is 1.71. The maximum absolute atomic E-state index is 12.2. The van der Waals surface area contributed by atoms with Crippen LogP contribution in [0.25, 0.3) is 23.0 Å². The highest BCUT2D eigenvalue weighted by atomic mass is 79.9. The highest BCUT2D eigenvalue weighted by Crippen LogP contribution is 2.35. The summed E-state index contributed by atoms with van der Waals surface area (Å²) in [6, 6.07) is 16.8. The number of rotatable bonds is 2. The van der Waals surface area contributed by atoms with E-state index in [1.807, 2.05) is 54.6 Å². The minimum absolute atomic E-state index is 0.132. The van der Waals surface area contributed by atoms with Gasteiger partial charge in [-0.3, -0.25) is 4.79 Å². The molecule has 5 heteroatoms. The van der Waals surface area contributed by atoms with Gasteiger partial charge in [0.25, 0.3) is 5.91 Å². The van der Waals surface area contributed by atoms with Crippen molar-refractivity contribution in [3.05, 3.63) is 75.4 Å². The summed E-state index contributed by atoms with van der Waals surface area (Å²) in [6.45, 7) is 0. The van der Waals surface area contributed by atoms with E-state index in [-0.39, 0.29) is 5.91 Å². The minimum Gasteiger partial charge on any atom is -0.457 e. The fourth-order valence-electron chi connectivity index (χ4n) is 2.65. The van der Waals surface area contributed by atoms with Crippen LogP contribution in [0, 0.1) is 0 Å². The van der Waals surface area contributed by atoms with Gasteiger partial charge in [-0.05, 0) is 60.7 Å². The van der Waals surface area contributed by atoms with Gasteiger partial charge in [0.2, 0.25) is 0 Å². The van der Waals surface area contributed by atoms with Gasteiger partial charge in [0.05, 0.1) is 5.57 Å². The van der Waals surface area contributed by atoms with Gasteiger partial charge in [-0.15, -0.1) is 0 Å². The van der Waals surface area contributed by atoms with Crippen molar-refractivity contribution in [3.8, 4) is 11.3 Å². The van der Waals surface area contributed by atoms with Crippen LogP contribution >= 0.6 is 27.5 Å². The number of amides is 1. The summed E-state index contributed by atoms with van der Waals surface area (Å²) in [5, 5.41) is 3.53. The van der Waals surface area contributed by atoms with E-state index in [9.17, 15) is 4.79 Å². The largest absolute Gasteiger partial charge is 0.457 e. The highest BCUT2D eigenvalue weighted by molar-refractivity contribution is 9.10. The van der Waals surface area contributed by atoms with E-state index in [1.165, 1.54) is 0 Å². The van der Waals surface area contributed by atoms with Crippen LogP contribution in [0.2, 0.25) is 5.02 Å². The number of nitrogens with one attached hydrogen (secondary N) is 1. The highest BCUT2D eigenvalue weighted by Gasteiger charge is 2.24. The Kier molecular flexibility index (Phi) is 3.79. The molecule has 0 bridgehead atoms. The van der Waals surface area contributed by atoms with Gasteiger partial charge in [0, 0.05) is 26.3 Å². The quantitative estimate of drug-likeness (QED) is 0.548. The van der Waals surface area contributed by atoms with Gasteiger partial charge < -0.3 is 9.73 Å². The lowest BCUT2D eigenvalue weighted by Gasteiger charge is -1.99. The van der Waals surface area contributed by atoms with Crippen LogP contribution in [-0.2, 0) is 4.79 Å². The molecule has 3 aromatic rings. The van der Waals surface area contributed by atoms with E-state index in [0.29, 0.717) is 16.4 Å². The number of benzene rings is 2. The van der Waals surface area contributed by atoms with Gasteiger partial charge >= 0.3 is 0 Å². The molecule has 0 saturated carbocycles. The number of halogens is 2. The van der Waals surface area contributed by atoms with Crippen LogP contribution in [0.3, 0.4) is 0 Å². The molecular formula is C19H11BrClNO2. The van der Waals surface area contributed by atoms with E-state index in [2.05, 4.69) is 21.2 Å². The summed E-state index contributed by atoms with van der Waals surface area (Å²) in [5.41, 5.74) is 3.18. The first-order chi connectivity index (χ1) is 11.6. The molecular weight excluding hydrogens is 390 g/mol. The predicted octanol–water partition coefficient (Wildman–Crippen LogP) is 5.86. The van der Waals surface area contributed by atoms with Crippen LogP contribution in [0.4, 0.5) is 5.69 Å². The van der Waals surface area contributed by atoms with Crippen LogP contribution < -0.4 is 5.32 Å². The summed E-state index contributed by atoms with van der Waals surface area (Å²) in [7, 11) is 0. The van der Waals surface area contributed by atoms with E-state index in [4.69, 9.17) is 16.0 Å². The van der Waals surface area contributed by atoms with Crippen molar-refractivity contribution in [2.45, 2.75) is 0 Å². The molecule has 2 aromatic carbocycles. The number of carbonyl (C=O) groups excluding carboxylic acids is 1. The average Bonchev–Trinajstić information content (AvgIpc) is 3.14. The normalized spacial score (nSPS) is 14.8. The summed E-state index contributed by atoms with van der Waals surface area (Å²) in [4.78, 5) is 12.2. The molecule has 1 aromatic heterocycles. The van der Waals surface area contributed by atoms with Crippen LogP contribution in [0.15, 0.2) is 63.5 Å². The summed E-state index contributed by atoms with van der Waals surface area (Å²) in [6.07, 6.45) is 1.76. The Morgan fingerprint density at radius 1 is 1.04 bits per heavy atom. The molecule has 4 rings (SSSR count). The topological polar surface area (TPSA) is 42.2 Å². The average molecular weight is 401 g/mol. The van der Waals surface area contributed by atoms with E-state index < -0.39 is 0 Å². The van der Waals surface area contributed by atoms with Crippen molar-refractivity contribution in [1.29, 1.82) is 0 Å². The van der Waals surface area contributed by atoms with Crippen LogP contribution in [-0.4, -0.2) is 5.91 Å². The zero-order chi connectivity index (χ0) is 16.7. The standard InChI is InChI=1S/C19H11BrClNO2/c20-12-3-7-17-15(9-12)16(19(23)22-17)10-14-6-8-18(24-14)11-1-4-13(21)5-2-11/h1-10H,(H,22,23). The van der Waals surface area contributed by atoms with Gasteiger partial charge in [-0.25, -0.2) is 0 Å². The van der Waals surface area contributed by atoms with Gasteiger partial charge in [0.15, 0.2) is 0 Å². The molecule has 0 unspecified atom stereocenters. The lowest BCUT2D eigenvalue weighted by atomic mass is 10.1. The van der Waals surface area contributed by atoms with E-state index in [0.717, 1.165) is 27.0 Å². The summed E-state index contributed by atoms with van der Waals surface area (Å²) >= 11 is 9.34. The van der Waals surface area contributed by atoms with E-state index >= 15 is 0 Å². The Morgan fingerprint density at radius 3 is 2.62 bits per heavy atom. The van der Waals surface area contributed by atoms with Crippen molar-refractivity contribution in [3.63, 3.8) is 0 Å². The van der Waals surface area contributed by atoms with Crippen LogP contribution in [0.1, 0.15) is 11.3 Å². The van der Waals surface area contributed by atoms with Crippen molar-refractivity contribution in [2.75, 3.05) is 5.32 Å². The number of furan rings is 1. The van der Waals surface area contributed by atoms with Crippen molar-refractivity contribution in [2.24, 2.45) is 0 Å². The first kappa shape index (κ1) is 15.2. The third kappa shape index (κ3) is 2.79. The molecule has 2 heterocycles. The third-order valence-corrected chi connectivity index (χ3v) is 4.55. The van der Waals surface area contributed by atoms with E-state index in [1.54, 1.807) is 6.08 Å². The van der Waals surface area contributed by atoms with Crippen molar-refractivity contribution in [1.82, 2.24) is 0 Å². The molecule has 0 atom stereocenters. The first-order valence-corrected chi connectivity index (χ1v) is 8.46. The zero-order valence-electron chi connectivity index (χ0n) is 12.3. The Bertz CT molecular complexity index is 973. The van der Waals surface area contributed by atoms with Crippen molar-refractivity contribution < 1.29 is 9.21 Å². The minimum atomic E-state index is -0.132. The molecule has 0 aliphatic carbocycles. The lowest BCUT2D eigenvalue weighted by Crippen LogP contribution is -2.03. The predicted molar refractivity (Wildman–Crippen MR) is 99.8 cm³/mol. The summed E-state index contributed by atoms with van der Waals surface area (Å²) in [5.74, 6) is 1.22. The fourth-order valence-corrected chi connectivity index (χ4v) is 3.13. The number of carbonyl (C=O) groups is 1. The molecule has 0 saturated heterocycles. The number of fused-ring (bicyclic) bond motifs is 1. The fraction of sp³-hybridized carbons (Fsp3) is 0.